The van der Waals surface area contributed by atoms with Gasteiger partial charge in [0, 0.05) is 10.0 Å². The van der Waals surface area contributed by atoms with Crippen molar-refractivity contribution in [1.29, 1.82) is 0 Å². The summed E-state index contributed by atoms with van der Waals surface area (Å²) in [7, 11) is 0. The Labute approximate surface area is 265 Å². The SMILES string of the molecule is O=C([O-])CN(CC(=O)[O-])c1ccc(-c2nc(C(Cl)(Cl)Cl)nc(C(Cl)(Cl)Cl)n2)cc1Br.[Na+].[Na+]. The summed E-state index contributed by atoms with van der Waals surface area (Å²) in [5.41, 5.74) is 0.560. The Kier molecular flexibility index (Phi) is 14.0. The number of aliphatic carboxylic acids is 2. The van der Waals surface area contributed by atoms with Crippen molar-refractivity contribution in [3.8, 4) is 11.4 Å². The van der Waals surface area contributed by atoms with Crippen LogP contribution in [0.2, 0.25) is 0 Å². The summed E-state index contributed by atoms with van der Waals surface area (Å²) in [5, 5.41) is 21.9. The largest absolute Gasteiger partial charge is 1.00 e. The van der Waals surface area contributed by atoms with Crippen LogP contribution in [0.4, 0.5) is 5.69 Å². The normalized spacial score (nSPS) is 11.2. The maximum atomic E-state index is 10.9. The number of carbonyl (C=O) groups is 2. The second-order valence-corrected chi connectivity index (χ2v) is 11.0. The van der Waals surface area contributed by atoms with Crippen molar-refractivity contribution in [2.75, 3.05) is 18.0 Å². The van der Waals surface area contributed by atoms with E-state index in [2.05, 4.69) is 30.9 Å². The summed E-state index contributed by atoms with van der Waals surface area (Å²) in [6.45, 7) is -1.38. The molecule has 0 atom stereocenters. The second kappa shape index (κ2) is 13.5. The smallest absolute Gasteiger partial charge is 0.548 e. The van der Waals surface area contributed by atoms with E-state index in [1.165, 1.54) is 18.2 Å². The molecule has 0 aliphatic heterocycles. The van der Waals surface area contributed by atoms with Crippen molar-refractivity contribution >= 4 is 103 Å². The molecule has 1 aromatic heterocycles. The standard InChI is InChI=1S/C15H9BrCl6N4O4.2Na/c16-7-3-6(1-2-8(7)26(4-9(27)28)5-10(29)30)11-23-12(14(17,18)19)25-13(24-11)15(20,21)22;;/h1-3H,4-5H2,(H,27,28)(H,29,30);;/q;2*+1/p-2. The van der Waals surface area contributed by atoms with Crippen molar-refractivity contribution in [3.05, 3.63) is 34.3 Å². The maximum Gasteiger partial charge on any atom is 1.00 e. The number of carbonyl (C=O) groups excluding carboxylic acids is 2. The van der Waals surface area contributed by atoms with Crippen LogP contribution in [0.5, 0.6) is 0 Å². The maximum absolute atomic E-state index is 10.9. The number of alkyl halides is 6. The number of hydrogen-bond donors (Lipinski definition) is 0. The zero-order chi connectivity index (χ0) is 22.9. The van der Waals surface area contributed by atoms with Gasteiger partial charge >= 0.3 is 59.1 Å². The summed E-state index contributed by atoms with van der Waals surface area (Å²) >= 11 is 38.3. The Bertz CT molecular complexity index is 945. The van der Waals surface area contributed by atoms with Gasteiger partial charge < -0.3 is 24.7 Å². The van der Waals surface area contributed by atoms with Crippen LogP contribution in [0, 0.1) is 0 Å². The summed E-state index contributed by atoms with van der Waals surface area (Å²) in [6, 6.07) is 4.34. The number of carboxylic acids is 2. The van der Waals surface area contributed by atoms with Gasteiger partial charge in [-0.1, -0.05) is 69.6 Å². The van der Waals surface area contributed by atoms with Crippen molar-refractivity contribution in [1.82, 2.24) is 15.0 Å². The molecule has 0 unspecified atom stereocenters. The molecular weight excluding hydrogens is 639 g/mol. The van der Waals surface area contributed by atoms with Crippen molar-refractivity contribution in [2.24, 2.45) is 0 Å². The fourth-order valence-electron chi connectivity index (χ4n) is 2.20. The number of benzene rings is 1. The van der Waals surface area contributed by atoms with Crippen LogP contribution >= 0.6 is 85.5 Å². The van der Waals surface area contributed by atoms with Gasteiger partial charge in [0.05, 0.1) is 30.7 Å². The number of halogens is 7. The third-order valence-electron chi connectivity index (χ3n) is 3.33. The van der Waals surface area contributed by atoms with Gasteiger partial charge in [-0.05, 0) is 34.1 Å². The first-order valence-corrected chi connectivity index (χ1v) is 10.6. The van der Waals surface area contributed by atoms with Gasteiger partial charge in [0.25, 0.3) is 0 Å². The summed E-state index contributed by atoms with van der Waals surface area (Å²) in [4.78, 5) is 34.9. The first-order valence-electron chi connectivity index (χ1n) is 7.53. The fourth-order valence-corrected chi connectivity index (χ4v) is 3.34. The second-order valence-electron chi connectivity index (χ2n) is 5.57. The summed E-state index contributed by atoms with van der Waals surface area (Å²) < 4.78 is -3.78. The summed E-state index contributed by atoms with van der Waals surface area (Å²) in [5.74, 6) is -3.58. The topological polar surface area (TPSA) is 122 Å². The predicted octanol–water partition coefficient (Wildman–Crippen LogP) is -3.73. The van der Waals surface area contributed by atoms with Gasteiger partial charge in [0.1, 0.15) is 0 Å². The average Bonchev–Trinajstić information content (AvgIpc) is 2.58. The van der Waals surface area contributed by atoms with E-state index >= 15 is 0 Å². The van der Waals surface area contributed by atoms with Crippen LogP contribution in [0.25, 0.3) is 11.4 Å². The van der Waals surface area contributed by atoms with E-state index in [0.29, 0.717) is 10.0 Å². The molecule has 2 rings (SSSR count). The molecule has 0 aliphatic rings. The Balaban J connectivity index is 0.00000480. The molecule has 0 radical (unpaired) electrons. The van der Waals surface area contributed by atoms with Crippen LogP contribution in [0.3, 0.4) is 0 Å². The zero-order valence-corrected chi connectivity index (χ0v) is 26.3. The van der Waals surface area contributed by atoms with Crippen LogP contribution < -0.4 is 74.2 Å². The Hall–Kier alpha value is 1.19. The van der Waals surface area contributed by atoms with E-state index < -0.39 is 32.6 Å². The van der Waals surface area contributed by atoms with Gasteiger partial charge in [-0.2, -0.15) is 0 Å². The number of carboxylic acid groups (broad SMARTS) is 2. The Morgan fingerprint density at radius 1 is 0.875 bits per heavy atom. The Morgan fingerprint density at radius 2 is 1.31 bits per heavy atom. The van der Waals surface area contributed by atoms with Crippen molar-refractivity contribution in [3.63, 3.8) is 0 Å². The van der Waals surface area contributed by atoms with Gasteiger partial charge in [0.15, 0.2) is 17.5 Å². The van der Waals surface area contributed by atoms with E-state index in [1.54, 1.807) is 0 Å². The molecule has 1 aromatic carbocycles. The summed E-state index contributed by atoms with van der Waals surface area (Å²) in [6.07, 6.45) is 0. The van der Waals surface area contributed by atoms with Crippen LogP contribution in [-0.2, 0) is 17.2 Å². The molecule has 0 bridgehead atoms. The van der Waals surface area contributed by atoms with Crippen molar-refractivity contribution in [2.45, 2.75) is 7.59 Å². The molecule has 0 spiro atoms. The van der Waals surface area contributed by atoms with Crippen LogP contribution in [0.1, 0.15) is 11.6 Å². The molecule has 17 heteroatoms. The van der Waals surface area contributed by atoms with Gasteiger partial charge in [-0.15, -0.1) is 0 Å². The number of rotatable bonds is 6. The van der Waals surface area contributed by atoms with Crippen molar-refractivity contribution < 1.29 is 78.9 Å². The van der Waals surface area contributed by atoms with E-state index in [9.17, 15) is 19.8 Å². The Morgan fingerprint density at radius 3 is 1.66 bits per heavy atom. The number of anilines is 1. The molecule has 162 valence electrons. The molecule has 0 saturated heterocycles. The minimum atomic E-state index is -2.04. The predicted molar refractivity (Wildman–Crippen MR) is 114 cm³/mol. The molecule has 0 N–H and O–H groups in total. The fraction of sp³-hybridized carbons (Fsp3) is 0.267. The first kappa shape index (κ1) is 33.2. The molecule has 0 amide bonds. The molecule has 8 nitrogen and oxygen atoms in total. The van der Waals surface area contributed by atoms with Crippen LogP contribution in [0.15, 0.2) is 22.7 Å². The molecule has 0 aliphatic carbocycles. The minimum Gasteiger partial charge on any atom is -0.548 e. The molecule has 2 aromatic rings. The van der Waals surface area contributed by atoms with E-state index in [1.807, 2.05) is 0 Å². The van der Waals surface area contributed by atoms with Gasteiger partial charge in [-0.3, -0.25) is 0 Å². The van der Waals surface area contributed by atoms with Crippen LogP contribution in [-0.4, -0.2) is 40.0 Å². The van der Waals surface area contributed by atoms with Gasteiger partial charge in [-0.25, -0.2) is 15.0 Å². The van der Waals surface area contributed by atoms with E-state index in [4.69, 9.17) is 69.6 Å². The third kappa shape index (κ3) is 9.68. The minimum absolute atomic E-state index is 0. The number of nitrogens with zero attached hydrogens (tertiary/aromatic N) is 4. The van der Waals surface area contributed by atoms with E-state index in [0.717, 1.165) is 4.90 Å². The monoisotopic (exact) mass is 642 g/mol. The molecule has 0 saturated carbocycles. The number of hydrogen-bond acceptors (Lipinski definition) is 8. The molecule has 1 heterocycles. The third-order valence-corrected chi connectivity index (χ3v) is 4.98. The van der Waals surface area contributed by atoms with Gasteiger partial charge in [0.2, 0.25) is 7.59 Å². The molecule has 32 heavy (non-hydrogen) atoms. The molecule has 0 fully saturated rings. The van der Waals surface area contributed by atoms with E-state index in [-0.39, 0.29) is 82.3 Å². The first-order chi connectivity index (χ1) is 13.7. The number of aromatic nitrogens is 3. The molecular formula is C15H7BrCl6N4Na2O4. The zero-order valence-electron chi connectivity index (χ0n) is 16.2. The quantitative estimate of drug-likeness (QED) is 0.232. The average molecular weight is 646 g/mol.